The van der Waals surface area contributed by atoms with E-state index in [2.05, 4.69) is 26.9 Å². The van der Waals surface area contributed by atoms with E-state index in [9.17, 15) is 9.59 Å². The van der Waals surface area contributed by atoms with Crippen LogP contribution >= 0.6 is 11.6 Å². The molecular weight excluding hydrogens is 354 g/mol. The number of nitrogens with zero attached hydrogens (tertiary/aromatic N) is 1. The van der Waals surface area contributed by atoms with Gasteiger partial charge in [0, 0.05) is 41.0 Å². The van der Waals surface area contributed by atoms with Crippen molar-refractivity contribution in [2.75, 3.05) is 25.5 Å². The van der Waals surface area contributed by atoms with Crippen molar-refractivity contribution in [2.24, 2.45) is 0 Å². The van der Waals surface area contributed by atoms with Crippen molar-refractivity contribution in [3.8, 4) is 0 Å². The van der Waals surface area contributed by atoms with Crippen molar-refractivity contribution in [3.05, 3.63) is 47.6 Å². The molecule has 0 fully saturated rings. The number of carbonyl (C=O) groups is 2. The van der Waals surface area contributed by atoms with Gasteiger partial charge in [-0.1, -0.05) is 18.2 Å². The lowest BCUT2D eigenvalue weighted by Crippen LogP contribution is -2.27. The topological polar surface area (TPSA) is 80.3 Å². The molecule has 0 radical (unpaired) electrons. The van der Waals surface area contributed by atoms with E-state index in [-0.39, 0.29) is 17.9 Å². The number of aromatic nitrogens is 1. The molecule has 0 aliphatic rings. The summed E-state index contributed by atoms with van der Waals surface area (Å²) >= 11 is 5.99. The van der Waals surface area contributed by atoms with Gasteiger partial charge in [0.25, 0.3) is 0 Å². The molecule has 1 aromatic heterocycles. The van der Waals surface area contributed by atoms with Gasteiger partial charge in [-0.25, -0.2) is 0 Å². The lowest BCUT2D eigenvalue weighted by Gasteiger charge is -2.10. The summed E-state index contributed by atoms with van der Waals surface area (Å²) in [7, 11) is 1.28. The Morgan fingerprint density at radius 2 is 2.00 bits per heavy atom. The number of halogens is 1. The molecule has 2 rings (SSSR count). The molecule has 0 aliphatic carbocycles. The fourth-order valence-corrected chi connectivity index (χ4v) is 2.57. The van der Waals surface area contributed by atoms with Crippen LogP contribution in [0.25, 0.3) is 10.9 Å². The summed E-state index contributed by atoms with van der Waals surface area (Å²) < 4.78 is 4.51. The number of ether oxygens (including phenoxy) is 1. The molecule has 1 aromatic carbocycles. The number of methoxy groups -OCH3 is 1. The van der Waals surface area contributed by atoms with E-state index in [0.717, 1.165) is 36.0 Å². The first-order valence-corrected chi connectivity index (χ1v) is 8.70. The predicted octanol–water partition coefficient (Wildman–Crippen LogP) is 3.32. The number of unbranched alkanes of at least 4 members (excludes halogenated alkanes) is 1. The molecule has 0 aliphatic heterocycles. The number of rotatable bonds is 9. The Labute approximate surface area is 157 Å². The second-order valence-electron chi connectivity index (χ2n) is 5.77. The Hall–Kier alpha value is -2.60. The van der Waals surface area contributed by atoms with Crippen LogP contribution in [0.3, 0.4) is 0 Å². The summed E-state index contributed by atoms with van der Waals surface area (Å²) in [5, 5.41) is 7.80. The first-order chi connectivity index (χ1) is 12.5. The van der Waals surface area contributed by atoms with Crippen LogP contribution in [0.5, 0.6) is 0 Å². The smallest absolute Gasteiger partial charge is 0.310 e. The van der Waals surface area contributed by atoms with E-state index in [1.165, 1.54) is 7.11 Å². The van der Waals surface area contributed by atoms with E-state index in [0.29, 0.717) is 11.6 Å². The van der Waals surface area contributed by atoms with Gasteiger partial charge in [0.1, 0.15) is 0 Å². The van der Waals surface area contributed by atoms with Crippen molar-refractivity contribution < 1.29 is 14.3 Å². The largest absolute Gasteiger partial charge is 0.469 e. The highest BCUT2D eigenvalue weighted by molar-refractivity contribution is 6.31. The Morgan fingerprint density at radius 3 is 2.77 bits per heavy atom. The summed E-state index contributed by atoms with van der Waals surface area (Å²) in [4.78, 5) is 27.2. The SMILES string of the molecule is C=C(CC(=O)OC)C(=O)NCCCCNc1ccnc2cc(Cl)ccc12. The zero-order valence-corrected chi connectivity index (χ0v) is 15.4. The van der Waals surface area contributed by atoms with Gasteiger partial charge in [-0.05, 0) is 37.1 Å². The maximum absolute atomic E-state index is 11.8. The number of esters is 1. The average Bonchev–Trinajstić information content (AvgIpc) is 2.63. The van der Waals surface area contributed by atoms with Crippen molar-refractivity contribution in [1.82, 2.24) is 10.3 Å². The van der Waals surface area contributed by atoms with Crippen molar-refractivity contribution >= 4 is 40.1 Å². The molecule has 2 aromatic rings. The highest BCUT2D eigenvalue weighted by Crippen LogP contribution is 2.24. The number of carbonyl (C=O) groups excluding carboxylic acids is 2. The molecule has 6 nitrogen and oxygen atoms in total. The third-order valence-electron chi connectivity index (χ3n) is 3.82. The van der Waals surface area contributed by atoms with E-state index in [1.807, 2.05) is 24.3 Å². The predicted molar refractivity (Wildman–Crippen MR) is 103 cm³/mol. The number of pyridine rings is 1. The first kappa shape index (κ1) is 19.7. The van der Waals surface area contributed by atoms with E-state index >= 15 is 0 Å². The number of anilines is 1. The lowest BCUT2D eigenvalue weighted by atomic mass is 10.2. The quantitative estimate of drug-likeness (QED) is 0.399. The van der Waals surface area contributed by atoms with Gasteiger partial charge >= 0.3 is 5.97 Å². The summed E-state index contributed by atoms with van der Waals surface area (Å²) in [6.45, 7) is 4.88. The van der Waals surface area contributed by atoms with Crippen LogP contribution in [0.15, 0.2) is 42.6 Å². The minimum Gasteiger partial charge on any atom is -0.469 e. The third kappa shape index (κ3) is 5.74. The fourth-order valence-electron chi connectivity index (χ4n) is 2.40. The van der Waals surface area contributed by atoms with Gasteiger partial charge in [-0.2, -0.15) is 0 Å². The number of hydrogen-bond donors (Lipinski definition) is 2. The van der Waals surface area contributed by atoms with Gasteiger partial charge in [0.2, 0.25) is 5.91 Å². The second-order valence-corrected chi connectivity index (χ2v) is 6.20. The molecule has 0 unspecified atom stereocenters. The van der Waals surface area contributed by atoms with E-state index < -0.39 is 5.97 Å². The molecule has 0 saturated carbocycles. The first-order valence-electron chi connectivity index (χ1n) is 8.32. The molecule has 0 spiro atoms. The minimum atomic E-state index is -0.472. The van der Waals surface area contributed by atoms with Gasteiger partial charge in [-0.15, -0.1) is 0 Å². The molecule has 26 heavy (non-hydrogen) atoms. The maximum Gasteiger partial charge on any atom is 0.310 e. The van der Waals surface area contributed by atoms with Crippen LogP contribution in [-0.2, 0) is 14.3 Å². The molecule has 2 N–H and O–H groups in total. The molecule has 7 heteroatoms. The van der Waals surface area contributed by atoms with Crippen molar-refractivity contribution in [3.63, 3.8) is 0 Å². The number of amides is 1. The van der Waals surface area contributed by atoms with Gasteiger partial charge in [0.15, 0.2) is 0 Å². The van der Waals surface area contributed by atoms with Crippen LogP contribution in [-0.4, -0.2) is 37.1 Å². The molecule has 0 saturated heterocycles. The van der Waals surface area contributed by atoms with Gasteiger partial charge in [0.05, 0.1) is 19.0 Å². The molecule has 0 atom stereocenters. The van der Waals surface area contributed by atoms with Crippen LogP contribution in [0.2, 0.25) is 5.02 Å². The second kappa shape index (κ2) is 9.77. The molecule has 1 heterocycles. The summed E-state index contributed by atoms with van der Waals surface area (Å²) in [6, 6.07) is 7.54. The van der Waals surface area contributed by atoms with Crippen molar-refractivity contribution in [1.29, 1.82) is 0 Å². The Kier molecular flexibility index (Phi) is 7.41. The molecule has 0 bridgehead atoms. The Bertz CT molecular complexity index is 808. The van der Waals surface area contributed by atoms with Crippen molar-refractivity contribution in [2.45, 2.75) is 19.3 Å². The molecule has 138 valence electrons. The highest BCUT2D eigenvalue weighted by Gasteiger charge is 2.11. The number of fused-ring (bicyclic) bond motifs is 1. The third-order valence-corrected chi connectivity index (χ3v) is 4.05. The molecule has 1 amide bonds. The number of benzene rings is 1. The highest BCUT2D eigenvalue weighted by atomic mass is 35.5. The fraction of sp³-hybridized carbons (Fsp3) is 0.316. The van der Waals surface area contributed by atoms with Crippen LogP contribution in [0, 0.1) is 0 Å². The zero-order valence-electron chi connectivity index (χ0n) is 14.7. The normalized spacial score (nSPS) is 10.4. The summed E-state index contributed by atoms with van der Waals surface area (Å²) in [6.07, 6.45) is 3.33. The monoisotopic (exact) mass is 375 g/mol. The summed E-state index contributed by atoms with van der Waals surface area (Å²) in [5.74, 6) is -0.791. The standard InChI is InChI=1S/C19H22ClN3O3/c1-13(11-18(24)26-2)19(25)23-9-4-3-8-21-16-7-10-22-17-12-14(20)5-6-15(16)17/h5-7,10,12H,1,3-4,8-9,11H2,2H3,(H,21,22)(H,23,25). The van der Waals surface area contributed by atoms with Gasteiger partial charge < -0.3 is 15.4 Å². The maximum atomic E-state index is 11.8. The average molecular weight is 376 g/mol. The van der Waals surface area contributed by atoms with Crippen LogP contribution < -0.4 is 10.6 Å². The van der Waals surface area contributed by atoms with E-state index in [4.69, 9.17) is 11.6 Å². The van der Waals surface area contributed by atoms with Crippen LogP contribution in [0.1, 0.15) is 19.3 Å². The Morgan fingerprint density at radius 1 is 1.23 bits per heavy atom. The van der Waals surface area contributed by atoms with E-state index in [1.54, 1.807) is 6.20 Å². The zero-order chi connectivity index (χ0) is 18.9. The Balaban J connectivity index is 1.71. The summed E-state index contributed by atoms with van der Waals surface area (Å²) in [5.41, 5.74) is 2.05. The van der Waals surface area contributed by atoms with Crippen LogP contribution in [0.4, 0.5) is 5.69 Å². The number of nitrogens with one attached hydrogen (secondary N) is 2. The lowest BCUT2D eigenvalue weighted by molar-refractivity contribution is -0.140. The minimum absolute atomic E-state index is 0.0942. The molecular formula is C19H22ClN3O3. The number of hydrogen-bond acceptors (Lipinski definition) is 5. The van der Waals surface area contributed by atoms with Gasteiger partial charge in [-0.3, -0.25) is 14.6 Å².